The van der Waals surface area contributed by atoms with Crippen LogP contribution in [0.2, 0.25) is 0 Å². The van der Waals surface area contributed by atoms with Crippen LogP contribution in [0.15, 0.2) is 35.8 Å². The van der Waals surface area contributed by atoms with Crippen molar-refractivity contribution < 1.29 is 27.5 Å². The third-order valence-electron chi connectivity index (χ3n) is 4.21. The van der Waals surface area contributed by atoms with Crippen LogP contribution in [0.4, 0.5) is 18.3 Å². The van der Waals surface area contributed by atoms with Gasteiger partial charge >= 0.3 is 6.18 Å². The third-order valence-corrected chi connectivity index (χ3v) is 4.90. The summed E-state index contributed by atoms with van der Waals surface area (Å²) in [4.78, 5) is 30.8. The highest BCUT2D eigenvalue weighted by Crippen LogP contribution is 2.23. The van der Waals surface area contributed by atoms with E-state index in [1.807, 2.05) is 0 Å². The number of likely N-dealkylation sites (tertiary alicyclic amines) is 1. The number of alkyl halides is 3. The SMILES string of the molecule is O=C(Nc1nccs1)C1CCCN1C(=O)c1ccc(COCC(F)(F)F)cc1. The quantitative estimate of drug-likeness (QED) is 0.787. The smallest absolute Gasteiger partial charge is 0.367 e. The van der Waals surface area contributed by atoms with Crippen molar-refractivity contribution in [3.05, 3.63) is 47.0 Å². The Balaban J connectivity index is 1.60. The number of carbonyl (C=O) groups is 2. The number of benzene rings is 1. The van der Waals surface area contributed by atoms with Crippen molar-refractivity contribution in [3.63, 3.8) is 0 Å². The number of nitrogens with one attached hydrogen (secondary N) is 1. The van der Waals surface area contributed by atoms with Gasteiger partial charge in [-0.25, -0.2) is 4.98 Å². The number of ether oxygens (including phenoxy) is 1. The molecule has 1 aromatic carbocycles. The van der Waals surface area contributed by atoms with Crippen LogP contribution >= 0.6 is 11.3 Å². The number of hydrogen-bond acceptors (Lipinski definition) is 5. The summed E-state index contributed by atoms with van der Waals surface area (Å²) in [6.45, 7) is -1.06. The van der Waals surface area contributed by atoms with Gasteiger partial charge in [0.2, 0.25) is 5.91 Å². The molecule has 0 spiro atoms. The fourth-order valence-electron chi connectivity index (χ4n) is 2.95. The maximum absolute atomic E-state index is 12.8. The van der Waals surface area contributed by atoms with Crippen molar-refractivity contribution >= 4 is 28.3 Å². The van der Waals surface area contributed by atoms with Gasteiger partial charge in [0.15, 0.2) is 5.13 Å². The predicted octanol–water partition coefficient (Wildman–Crippen LogP) is 3.47. The zero-order valence-electron chi connectivity index (χ0n) is 14.7. The van der Waals surface area contributed by atoms with E-state index in [-0.39, 0.29) is 18.4 Å². The molecule has 2 amide bonds. The fraction of sp³-hybridized carbons (Fsp3) is 0.389. The number of aromatic nitrogens is 1. The largest absolute Gasteiger partial charge is 0.411 e. The van der Waals surface area contributed by atoms with Crippen molar-refractivity contribution in [3.8, 4) is 0 Å². The lowest BCUT2D eigenvalue weighted by Gasteiger charge is -2.23. The number of halogens is 3. The summed E-state index contributed by atoms with van der Waals surface area (Å²) in [5.74, 6) is -0.572. The number of carbonyl (C=O) groups excluding carboxylic acids is 2. The van der Waals surface area contributed by atoms with Gasteiger partial charge in [-0.2, -0.15) is 13.2 Å². The van der Waals surface area contributed by atoms with Gasteiger partial charge in [0.1, 0.15) is 12.6 Å². The van der Waals surface area contributed by atoms with Gasteiger partial charge in [-0.1, -0.05) is 12.1 Å². The molecule has 10 heteroatoms. The Morgan fingerprint density at radius 1 is 1.29 bits per heavy atom. The van der Waals surface area contributed by atoms with E-state index in [4.69, 9.17) is 0 Å². The minimum atomic E-state index is -4.38. The second-order valence-corrected chi connectivity index (χ2v) is 7.18. The Kier molecular flexibility index (Phi) is 6.30. The maximum atomic E-state index is 12.8. The number of thiazole rings is 1. The standard InChI is InChI=1S/C18H18F3N3O3S/c19-18(20,21)11-27-10-12-3-5-13(6-4-12)16(26)24-8-1-2-14(24)15(25)23-17-22-7-9-28-17/h3-7,9,14H,1-2,8,10-11H2,(H,22,23,25). The molecule has 28 heavy (non-hydrogen) atoms. The highest BCUT2D eigenvalue weighted by molar-refractivity contribution is 7.13. The van der Waals surface area contributed by atoms with Crippen molar-refractivity contribution in [2.24, 2.45) is 0 Å². The van der Waals surface area contributed by atoms with Crippen molar-refractivity contribution in [2.45, 2.75) is 31.7 Å². The number of rotatable bonds is 6. The first-order valence-electron chi connectivity index (χ1n) is 8.58. The Hall–Kier alpha value is -2.46. The van der Waals surface area contributed by atoms with Crippen LogP contribution < -0.4 is 5.32 Å². The van der Waals surface area contributed by atoms with Gasteiger partial charge in [0.25, 0.3) is 5.91 Å². The second-order valence-electron chi connectivity index (χ2n) is 6.29. The van der Waals surface area contributed by atoms with Gasteiger partial charge in [-0.3, -0.25) is 9.59 Å². The minimum absolute atomic E-state index is 0.198. The topological polar surface area (TPSA) is 71.5 Å². The minimum Gasteiger partial charge on any atom is -0.367 e. The second kappa shape index (κ2) is 8.70. The van der Waals surface area contributed by atoms with Crippen LogP contribution in [0.1, 0.15) is 28.8 Å². The van der Waals surface area contributed by atoms with E-state index in [0.29, 0.717) is 35.6 Å². The van der Waals surface area contributed by atoms with Gasteiger partial charge < -0.3 is 15.0 Å². The molecule has 6 nitrogen and oxygen atoms in total. The normalized spacial score (nSPS) is 17.0. The lowest BCUT2D eigenvalue weighted by Crippen LogP contribution is -2.43. The first-order chi connectivity index (χ1) is 13.3. The van der Waals surface area contributed by atoms with Crippen LogP contribution in [0.3, 0.4) is 0 Å². The van der Waals surface area contributed by atoms with E-state index in [1.165, 1.54) is 28.4 Å². The first kappa shape index (κ1) is 20.3. The summed E-state index contributed by atoms with van der Waals surface area (Å²) in [6.07, 6.45) is -1.52. The molecule has 0 aliphatic carbocycles. The summed E-state index contributed by atoms with van der Waals surface area (Å²) in [5.41, 5.74) is 0.897. The van der Waals surface area contributed by atoms with E-state index in [1.54, 1.807) is 23.7 Å². The summed E-state index contributed by atoms with van der Waals surface area (Å²) in [6, 6.07) is 5.58. The summed E-state index contributed by atoms with van der Waals surface area (Å²) >= 11 is 1.30. The number of hydrogen-bond donors (Lipinski definition) is 1. The van der Waals surface area contributed by atoms with E-state index in [2.05, 4.69) is 15.0 Å². The fourth-order valence-corrected chi connectivity index (χ4v) is 3.48. The van der Waals surface area contributed by atoms with Gasteiger partial charge in [-0.15, -0.1) is 11.3 Å². The Morgan fingerprint density at radius 3 is 2.68 bits per heavy atom. The monoisotopic (exact) mass is 413 g/mol. The zero-order chi connectivity index (χ0) is 20.1. The Bertz CT molecular complexity index is 810. The molecule has 3 rings (SSSR count). The molecule has 1 aliphatic heterocycles. The molecule has 1 atom stereocenters. The molecule has 1 fully saturated rings. The lowest BCUT2D eigenvalue weighted by atomic mass is 10.1. The van der Waals surface area contributed by atoms with Crippen LogP contribution in [0.5, 0.6) is 0 Å². The molecule has 1 unspecified atom stereocenters. The summed E-state index contributed by atoms with van der Waals surface area (Å²) in [7, 11) is 0. The van der Waals surface area contributed by atoms with Crippen LogP contribution in [0, 0.1) is 0 Å². The number of anilines is 1. The highest BCUT2D eigenvalue weighted by atomic mass is 32.1. The highest BCUT2D eigenvalue weighted by Gasteiger charge is 2.34. The van der Waals surface area contributed by atoms with Crippen LogP contribution in [-0.2, 0) is 16.1 Å². The van der Waals surface area contributed by atoms with Crippen molar-refractivity contribution in [1.82, 2.24) is 9.88 Å². The van der Waals surface area contributed by atoms with Gasteiger partial charge in [0, 0.05) is 23.7 Å². The Labute approximate surface area is 163 Å². The van der Waals surface area contributed by atoms with Crippen molar-refractivity contribution in [1.29, 1.82) is 0 Å². The van der Waals surface area contributed by atoms with Gasteiger partial charge in [0.05, 0.1) is 6.61 Å². The number of nitrogens with zero attached hydrogens (tertiary/aromatic N) is 2. The van der Waals surface area contributed by atoms with E-state index >= 15 is 0 Å². The third kappa shape index (κ3) is 5.29. The molecule has 2 aromatic rings. The average molecular weight is 413 g/mol. The summed E-state index contributed by atoms with van der Waals surface area (Å²) in [5, 5.41) is 4.93. The Morgan fingerprint density at radius 2 is 2.04 bits per heavy atom. The molecule has 0 radical (unpaired) electrons. The van der Waals surface area contributed by atoms with Crippen LogP contribution in [0.25, 0.3) is 0 Å². The average Bonchev–Trinajstić information content (AvgIpc) is 3.32. The molecular formula is C18H18F3N3O3S. The molecule has 150 valence electrons. The molecular weight excluding hydrogens is 395 g/mol. The van der Waals surface area contributed by atoms with Crippen molar-refractivity contribution in [2.75, 3.05) is 18.5 Å². The first-order valence-corrected chi connectivity index (χ1v) is 9.46. The molecule has 1 saturated heterocycles. The van der Waals surface area contributed by atoms with Crippen LogP contribution in [-0.4, -0.2) is 47.1 Å². The maximum Gasteiger partial charge on any atom is 0.411 e. The molecule has 2 heterocycles. The van der Waals surface area contributed by atoms with Gasteiger partial charge in [-0.05, 0) is 30.5 Å². The molecule has 0 bridgehead atoms. The summed E-state index contributed by atoms with van der Waals surface area (Å²) < 4.78 is 40.9. The molecule has 1 N–H and O–H groups in total. The number of amides is 2. The molecule has 1 aliphatic rings. The van der Waals surface area contributed by atoms with E-state index in [0.717, 1.165) is 0 Å². The zero-order valence-corrected chi connectivity index (χ0v) is 15.6. The lowest BCUT2D eigenvalue weighted by molar-refractivity contribution is -0.176. The predicted molar refractivity (Wildman–Crippen MR) is 97.0 cm³/mol. The molecule has 0 saturated carbocycles. The molecule has 1 aromatic heterocycles. The van der Waals surface area contributed by atoms with E-state index in [9.17, 15) is 22.8 Å². The van der Waals surface area contributed by atoms with E-state index < -0.39 is 18.8 Å².